The molecular weight excluding hydrogens is 302 g/mol. The third kappa shape index (κ3) is 3.15. The van der Waals surface area contributed by atoms with Gasteiger partial charge in [-0.05, 0) is 26.0 Å². The Morgan fingerprint density at radius 2 is 1.87 bits per heavy atom. The number of hydrogen-bond donors (Lipinski definition) is 0. The molecule has 1 aromatic carbocycles. The van der Waals surface area contributed by atoms with Crippen LogP contribution in [-0.2, 0) is 14.3 Å². The molecule has 0 aliphatic carbocycles. The maximum atomic E-state index is 12.4. The summed E-state index contributed by atoms with van der Waals surface area (Å²) in [5.41, 5.74) is 0.863. The van der Waals surface area contributed by atoms with E-state index in [1.165, 1.54) is 6.92 Å². The molecule has 0 atom stereocenters. The first-order chi connectivity index (χ1) is 10.9. The van der Waals surface area contributed by atoms with Crippen molar-refractivity contribution in [2.24, 2.45) is 0 Å². The highest BCUT2D eigenvalue weighted by Crippen LogP contribution is 2.24. The van der Waals surface area contributed by atoms with Crippen molar-refractivity contribution >= 4 is 35.1 Å². The van der Waals surface area contributed by atoms with Gasteiger partial charge >= 0.3 is 12.2 Å². The predicted molar refractivity (Wildman–Crippen MR) is 82.3 cm³/mol. The van der Waals surface area contributed by atoms with Crippen LogP contribution in [0.4, 0.5) is 15.5 Å². The highest BCUT2D eigenvalue weighted by Gasteiger charge is 2.30. The fourth-order valence-corrected chi connectivity index (χ4v) is 2.04. The van der Waals surface area contributed by atoms with Crippen LogP contribution in [0.15, 0.2) is 24.3 Å². The number of imidazole rings is 1. The molecule has 0 saturated heterocycles. The Labute approximate surface area is 132 Å². The maximum absolute atomic E-state index is 12.4. The summed E-state index contributed by atoms with van der Waals surface area (Å²) < 4.78 is 10.9. The molecule has 2 aromatic rings. The molecule has 8 heteroatoms. The lowest BCUT2D eigenvalue weighted by atomic mass is 10.3. The Bertz CT molecular complexity index is 766. The maximum Gasteiger partial charge on any atom is 0.423 e. The Kier molecular flexibility index (Phi) is 4.63. The van der Waals surface area contributed by atoms with Gasteiger partial charge in [0.05, 0.1) is 24.2 Å². The Morgan fingerprint density at radius 3 is 2.43 bits per heavy atom. The van der Waals surface area contributed by atoms with Crippen LogP contribution < -0.4 is 4.90 Å². The van der Waals surface area contributed by atoms with Gasteiger partial charge in [0.25, 0.3) is 0 Å². The summed E-state index contributed by atoms with van der Waals surface area (Å²) in [4.78, 5) is 41.0. The fraction of sp³-hybridized carbons (Fsp3) is 0.333. The van der Waals surface area contributed by atoms with Gasteiger partial charge in [-0.3, -0.25) is 4.79 Å². The largest absolute Gasteiger partial charge is 0.452 e. The summed E-state index contributed by atoms with van der Waals surface area (Å²) in [6.07, 6.45) is -2.05. The Balaban J connectivity index is 2.69. The zero-order chi connectivity index (χ0) is 17.1. The molecule has 0 radical (unpaired) electrons. The number of rotatable bonds is 2. The van der Waals surface area contributed by atoms with Crippen LogP contribution in [0.1, 0.15) is 20.8 Å². The number of methoxy groups -OCH3 is 1. The molecule has 0 unspecified atom stereocenters. The number of imide groups is 1. The van der Waals surface area contributed by atoms with Crippen molar-refractivity contribution < 1.29 is 23.9 Å². The molecule has 8 nitrogen and oxygen atoms in total. The van der Waals surface area contributed by atoms with E-state index < -0.39 is 18.1 Å². The minimum absolute atomic E-state index is 0.170. The number of fused-ring (bicyclic) bond motifs is 1. The number of carbonyl (C=O) groups is 3. The summed E-state index contributed by atoms with van der Waals surface area (Å²) in [6, 6.07) is 6.74. The molecule has 1 heterocycles. The third-order valence-corrected chi connectivity index (χ3v) is 2.93. The number of hydrogen-bond acceptors (Lipinski definition) is 6. The number of para-hydroxylation sites is 2. The number of anilines is 1. The van der Waals surface area contributed by atoms with Crippen molar-refractivity contribution in [1.29, 1.82) is 0 Å². The SMILES string of the molecule is COC(=O)N(C(C)=O)c1nc2ccccc2n1C(=O)OC(C)C. The summed E-state index contributed by atoms with van der Waals surface area (Å²) in [6.45, 7) is 4.56. The molecule has 122 valence electrons. The van der Waals surface area contributed by atoms with Gasteiger partial charge < -0.3 is 9.47 Å². The molecule has 0 fully saturated rings. The topological polar surface area (TPSA) is 90.7 Å². The number of amides is 2. The number of benzene rings is 1. The van der Waals surface area contributed by atoms with Crippen LogP contribution in [0.25, 0.3) is 11.0 Å². The second-order valence-corrected chi connectivity index (χ2v) is 4.99. The van der Waals surface area contributed by atoms with E-state index in [0.29, 0.717) is 15.9 Å². The molecule has 2 amide bonds. The lowest BCUT2D eigenvalue weighted by molar-refractivity contribution is -0.116. The summed E-state index contributed by atoms with van der Waals surface area (Å²) in [7, 11) is 1.14. The summed E-state index contributed by atoms with van der Waals surface area (Å²) in [5.74, 6) is -0.804. The Hall–Kier alpha value is -2.90. The van der Waals surface area contributed by atoms with E-state index in [-0.39, 0.29) is 12.1 Å². The number of aromatic nitrogens is 2. The van der Waals surface area contributed by atoms with E-state index in [2.05, 4.69) is 9.72 Å². The molecule has 23 heavy (non-hydrogen) atoms. The first-order valence-corrected chi connectivity index (χ1v) is 6.94. The first kappa shape index (κ1) is 16.5. The van der Waals surface area contributed by atoms with E-state index in [9.17, 15) is 14.4 Å². The predicted octanol–water partition coefficient (Wildman–Crippen LogP) is 2.55. The zero-order valence-electron chi connectivity index (χ0n) is 13.3. The molecule has 0 N–H and O–H groups in total. The highest BCUT2D eigenvalue weighted by atomic mass is 16.6. The van der Waals surface area contributed by atoms with Gasteiger partial charge in [-0.25, -0.2) is 19.1 Å². The average Bonchev–Trinajstić information content (AvgIpc) is 2.84. The molecule has 0 aliphatic rings. The lowest BCUT2D eigenvalue weighted by Crippen LogP contribution is -2.38. The molecule has 0 spiro atoms. The van der Waals surface area contributed by atoms with Crippen molar-refractivity contribution in [2.45, 2.75) is 26.9 Å². The fourth-order valence-electron chi connectivity index (χ4n) is 2.04. The van der Waals surface area contributed by atoms with Gasteiger partial charge in [-0.15, -0.1) is 0 Å². The summed E-state index contributed by atoms with van der Waals surface area (Å²) in [5, 5.41) is 0. The smallest absolute Gasteiger partial charge is 0.423 e. The van der Waals surface area contributed by atoms with Crippen molar-refractivity contribution in [3.8, 4) is 0 Å². The van der Waals surface area contributed by atoms with Crippen LogP contribution in [-0.4, -0.2) is 40.9 Å². The normalized spacial score (nSPS) is 10.7. The minimum atomic E-state index is -0.939. The summed E-state index contributed by atoms with van der Waals surface area (Å²) >= 11 is 0. The van der Waals surface area contributed by atoms with E-state index in [0.717, 1.165) is 11.7 Å². The number of nitrogens with zero attached hydrogens (tertiary/aromatic N) is 3. The van der Waals surface area contributed by atoms with Crippen LogP contribution in [0, 0.1) is 0 Å². The molecule has 2 rings (SSSR count). The molecular formula is C15H17N3O5. The van der Waals surface area contributed by atoms with Gasteiger partial charge in [-0.2, -0.15) is 4.90 Å². The highest BCUT2D eigenvalue weighted by molar-refractivity contribution is 6.12. The van der Waals surface area contributed by atoms with Gasteiger partial charge in [-0.1, -0.05) is 12.1 Å². The Morgan fingerprint density at radius 1 is 1.22 bits per heavy atom. The number of carbonyl (C=O) groups excluding carboxylic acids is 3. The molecule has 0 bridgehead atoms. The minimum Gasteiger partial charge on any atom is -0.452 e. The van der Waals surface area contributed by atoms with Crippen molar-refractivity contribution in [2.75, 3.05) is 12.0 Å². The van der Waals surface area contributed by atoms with E-state index >= 15 is 0 Å². The van der Waals surface area contributed by atoms with Crippen LogP contribution in [0.2, 0.25) is 0 Å². The molecule has 0 saturated carbocycles. The van der Waals surface area contributed by atoms with Crippen LogP contribution in [0.3, 0.4) is 0 Å². The van der Waals surface area contributed by atoms with Crippen molar-refractivity contribution in [3.63, 3.8) is 0 Å². The zero-order valence-corrected chi connectivity index (χ0v) is 13.3. The third-order valence-electron chi connectivity index (χ3n) is 2.93. The van der Waals surface area contributed by atoms with Gasteiger partial charge in [0.2, 0.25) is 11.9 Å². The first-order valence-electron chi connectivity index (χ1n) is 6.94. The second-order valence-electron chi connectivity index (χ2n) is 4.99. The van der Waals surface area contributed by atoms with Gasteiger partial charge in [0.1, 0.15) is 0 Å². The second kappa shape index (κ2) is 6.47. The van der Waals surface area contributed by atoms with Crippen molar-refractivity contribution in [3.05, 3.63) is 24.3 Å². The molecule has 1 aromatic heterocycles. The quantitative estimate of drug-likeness (QED) is 0.845. The average molecular weight is 319 g/mol. The van der Waals surface area contributed by atoms with Crippen LogP contribution >= 0.6 is 0 Å². The monoisotopic (exact) mass is 319 g/mol. The standard InChI is InChI=1S/C15H17N3O5/c1-9(2)23-15(21)18-12-8-6-5-7-11(12)16-13(18)17(10(3)19)14(20)22-4/h5-9H,1-4H3. The van der Waals surface area contributed by atoms with E-state index in [1.54, 1.807) is 38.1 Å². The molecule has 0 aliphatic heterocycles. The lowest BCUT2D eigenvalue weighted by Gasteiger charge is -2.18. The number of ether oxygens (including phenoxy) is 2. The van der Waals surface area contributed by atoms with Crippen molar-refractivity contribution in [1.82, 2.24) is 9.55 Å². The van der Waals surface area contributed by atoms with Gasteiger partial charge in [0, 0.05) is 6.92 Å². The van der Waals surface area contributed by atoms with E-state index in [4.69, 9.17) is 4.74 Å². The van der Waals surface area contributed by atoms with Gasteiger partial charge in [0.15, 0.2) is 0 Å². The van der Waals surface area contributed by atoms with E-state index in [1.807, 2.05) is 0 Å². The van der Waals surface area contributed by atoms with Crippen LogP contribution in [0.5, 0.6) is 0 Å².